The molecule has 2 heteroatoms. The van der Waals surface area contributed by atoms with Gasteiger partial charge in [-0.25, -0.2) is 0 Å². The zero-order valence-electron chi connectivity index (χ0n) is 34.3. The summed E-state index contributed by atoms with van der Waals surface area (Å²) in [4.78, 5) is 5.90. The second-order valence-electron chi connectivity index (χ2n) is 16.3. The lowest BCUT2D eigenvalue weighted by Crippen LogP contribution is -2.28. The minimum atomic E-state index is -0.531. The molecule has 0 fully saturated rings. The summed E-state index contributed by atoms with van der Waals surface area (Å²) in [6.07, 6.45) is 7.50. The Balaban J connectivity index is 1.20. The molecule has 0 radical (unpaired) electrons. The van der Waals surface area contributed by atoms with Crippen LogP contribution in [-0.4, -0.2) is 5.71 Å². The fraction of sp³-hybridized carbons (Fsp3) is 0.102. The molecular weight excluding hydrogens is 739 g/mol. The van der Waals surface area contributed by atoms with Crippen LogP contribution >= 0.6 is 0 Å². The van der Waals surface area contributed by atoms with Crippen molar-refractivity contribution in [2.45, 2.75) is 31.6 Å². The van der Waals surface area contributed by atoms with Crippen LogP contribution in [0.1, 0.15) is 65.1 Å². The zero-order valence-corrected chi connectivity index (χ0v) is 34.3. The molecule has 1 aliphatic heterocycles. The van der Waals surface area contributed by atoms with Gasteiger partial charge in [0.05, 0.1) is 11.1 Å². The Kier molecular flexibility index (Phi) is 9.27. The Labute approximate surface area is 357 Å². The van der Waals surface area contributed by atoms with Crippen molar-refractivity contribution in [3.63, 3.8) is 0 Å². The van der Waals surface area contributed by atoms with Crippen LogP contribution in [0, 0.1) is 5.92 Å². The van der Waals surface area contributed by atoms with Crippen LogP contribution in [0.2, 0.25) is 0 Å². The fourth-order valence-corrected chi connectivity index (χ4v) is 10.2. The Hall–Kier alpha value is -7.29. The first-order chi connectivity index (χ1) is 30.2. The van der Waals surface area contributed by atoms with Crippen molar-refractivity contribution in [3.05, 3.63) is 251 Å². The van der Waals surface area contributed by atoms with E-state index >= 15 is 0 Å². The molecule has 1 aliphatic carbocycles. The van der Waals surface area contributed by atoms with Gasteiger partial charge in [-0.3, -0.25) is 4.99 Å². The number of hydrogen-bond acceptors (Lipinski definition) is 2. The van der Waals surface area contributed by atoms with E-state index in [1.54, 1.807) is 0 Å². The minimum absolute atomic E-state index is 0.171. The normalized spacial score (nSPS) is 18.4. The minimum Gasteiger partial charge on any atom is -0.456 e. The summed E-state index contributed by atoms with van der Waals surface area (Å²) >= 11 is 0. The van der Waals surface area contributed by atoms with Gasteiger partial charge in [-0.05, 0) is 111 Å². The van der Waals surface area contributed by atoms with Crippen LogP contribution in [0.15, 0.2) is 222 Å². The number of nitrogens with zero attached hydrogens (tertiary/aromatic N) is 1. The highest BCUT2D eigenvalue weighted by molar-refractivity contribution is 6.11. The Morgan fingerprint density at radius 3 is 1.85 bits per heavy atom. The predicted octanol–water partition coefficient (Wildman–Crippen LogP) is 15.3. The van der Waals surface area contributed by atoms with E-state index in [1.807, 2.05) is 6.07 Å². The lowest BCUT2D eigenvalue weighted by molar-refractivity contribution is 0.669. The molecule has 292 valence electrons. The summed E-state index contributed by atoms with van der Waals surface area (Å²) < 4.78 is 6.33. The van der Waals surface area contributed by atoms with Crippen molar-refractivity contribution < 1.29 is 4.42 Å². The Morgan fingerprint density at radius 1 is 0.508 bits per heavy atom. The summed E-state index contributed by atoms with van der Waals surface area (Å²) in [5.74, 6) is 0.171. The number of allylic oxidation sites excluding steroid dienone is 3. The third kappa shape index (κ3) is 6.21. The second kappa shape index (κ2) is 15.4. The van der Waals surface area contributed by atoms with Gasteiger partial charge in [0, 0.05) is 33.5 Å². The average molecular weight is 784 g/mol. The van der Waals surface area contributed by atoms with Crippen molar-refractivity contribution in [2.75, 3.05) is 0 Å². The lowest BCUT2D eigenvalue weighted by atomic mass is 9.67. The molecule has 0 N–H and O–H groups in total. The highest BCUT2D eigenvalue weighted by atomic mass is 16.3. The van der Waals surface area contributed by atoms with Crippen molar-refractivity contribution in [2.24, 2.45) is 10.9 Å². The third-order valence-electron chi connectivity index (χ3n) is 13.0. The smallest absolute Gasteiger partial charge is 0.135 e. The molecule has 1 aromatic heterocycles. The molecule has 61 heavy (non-hydrogen) atoms. The lowest BCUT2D eigenvalue weighted by Gasteiger charge is -2.34. The Bertz CT molecular complexity index is 3110. The summed E-state index contributed by atoms with van der Waals surface area (Å²) in [5, 5.41) is 2.22. The predicted molar refractivity (Wildman–Crippen MR) is 255 cm³/mol. The van der Waals surface area contributed by atoms with Crippen LogP contribution in [0.3, 0.4) is 0 Å². The van der Waals surface area contributed by atoms with Gasteiger partial charge in [0.1, 0.15) is 11.2 Å². The molecule has 2 nitrogen and oxygen atoms in total. The standard InChI is InChI=1S/C59H45NO/c1-2-40-37-56(43-34-35-58-52(36-43)48-29-16-18-33-57(48)61-58)60-55(32-19-30-46(40)41-20-7-3-8-21-41)51-39-54-50(38-49(51)42-22-9-4-10-23-42)47-28-15-17-31-53(47)59(54,44-24-11-5-12-25-44)45-26-13-6-14-27-45/h3-18,20-31,33-40H,2,19,32H2,1H3/b46-30+,56-37-,60-55+/t40-/m0/s1. The van der Waals surface area contributed by atoms with E-state index in [4.69, 9.17) is 9.41 Å². The number of para-hydroxylation sites is 1. The molecule has 2 aliphatic rings. The van der Waals surface area contributed by atoms with Crippen molar-refractivity contribution >= 4 is 38.9 Å². The fourth-order valence-electron chi connectivity index (χ4n) is 10.2. The van der Waals surface area contributed by atoms with Gasteiger partial charge >= 0.3 is 0 Å². The van der Waals surface area contributed by atoms with E-state index in [0.717, 1.165) is 58.2 Å². The highest BCUT2D eigenvalue weighted by Gasteiger charge is 2.46. The molecule has 9 aromatic rings. The molecule has 2 heterocycles. The van der Waals surface area contributed by atoms with Crippen LogP contribution < -0.4 is 0 Å². The number of aliphatic imine (C=N–C) groups is 1. The maximum Gasteiger partial charge on any atom is 0.135 e. The molecular formula is C59H45NO. The molecule has 1 atom stereocenters. The van der Waals surface area contributed by atoms with Gasteiger partial charge in [0.15, 0.2) is 0 Å². The molecule has 0 bridgehead atoms. The van der Waals surface area contributed by atoms with Gasteiger partial charge in [-0.15, -0.1) is 0 Å². The first kappa shape index (κ1) is 36.8. The molecule has 0 unspecified atom stereocenters. The number of fused-ring (bicyclic) bond motifs is 6. The maximum absolute atomic E-state index is 6.33. The van der Waals surface area contributed by atoms with Gasteiger partial charge < -0.3 is 4.42 Å². The average Bonchev–Trinajstić information content (AvgIpc) is 3.87. The second-order valence-corrected chi connectivity index (χ2v) is 16.3. The van der Waals surface area contributed by atoms with Gasteiger partial charge in [0.2, 0.25) is 0 Å². The van der Waals surface area contributed by atoms with Gasteiger partial charge in [0.25, 0.3) is 0 Å². The number of benzene rings is 8. The SMILES string of the molecule is CC[C@H]1/C=C(c2ccc3oc4ccccc4c3c2)\N=C(\c2cc3c(cc2-c2ccccc2)-c2ccccc2C3(c2ccccc2)c2ccccc2)CC/C=C\1c1ccccc1. The van der Waals surface area contributed by atoms with Crippen LogP contribution in [0.5, 0.6) is 0 Å². The van der Waals surface area contributed by atoms with E-state index in [-0.39, 0.29) is 5.92 Å². The quantitative estimate of drug-likeness (QED) is 0.158. The molecule has 11 rings (SSSR count). The summed E-state index contributed by atoms with van der Waals surface area (Å²) in [6.45, 7) is 2.29. The number of hydrogen-bond donors (Lipinski definition) is 0. The molecule has 0 saturated heterocycles. The van der Waals surface area contributed by atoms with Gasteiger partial charge in [-0.1, -0.05) is 183 Å². The van der Waals surface area contributed by atoms with Crippen molar-refractivity contribution in [1.82, 2.24) is 0 Å². The van der Waals surface area contributed by atoms with E-state index in [2.05, 4.69) is 213 Å². The third-order valence-corrected chi connectivity index (χ3v) is 13.0. The number of rotatable bonds is 7. The van der Waals surface area contributed by atoms with Gasteiger partial charge in [-0.2, -0.15) is 0 Å². The molecule has 8 aromatic carbocycles. The highest BCUT2D eigenvalue weighted by Crippen LogP contribution is 2.57. The molecule has 0 amide bonds. The van der Waals surface area contributed by atoms with Crippen LogP contribution in [-0.2, 0) is 5.41 Å². The van der Waals surface area contributed by atoms with Crippen LogP contribution in [0.25, 0.3) is 55.5 Å². The first-order valence-corrected chi connectivity index (χ1v) is 21.6. The largest absolute Gasteiger partial charge is 0.456 e. The summed E-state index contributed by atoms with van der Waals surface area (Å²) in [7, 11) is 0. The van der Waals surface area contributed by atoms with Crippen molar-refractivity contribution in [1.29, 1.82) is 0 Å². The summed E-state index contributed by atoms with van der Waals surface area (Å²) in [6, 6.07) is 73.0. The van der Waals surface area contributed by atoms with Crippen LogP contribution in [0.4, 0.5) is 0 Å². The Morgan fingerprint density at radius 2 is 1.13 bits per heavy atom. The van der Waals surface area contributed by atoms with E-state index in [0.29, 0.717) is 0 Å². The van der Waals surface area contributed by atoms with Crippen molar-refractivity contribution in [3.8, 4) is 22.3 Å². The van der Waals surface area contributed by atoms with E-state index in [1.165, 1.54) is 61.2 Å². The molecule has 0 saturated carbocycles. The first-order valence-electron chi connectivity index (χ1n) is 21.6. The number of furan rings is 1. The maximum atomic E-state index is 6.33. The summed E-state index contributed by atoms with van der Waals surface area (Å²) in [5.41, 5.74) is 18.2. The van der Waals surface area contributed by atoms with E-state index in [9.17, 15) is 0 Å². The zero-order chi connectivity index (χ0) is 40.8. The van der Waals surface area contributed by atoms with E-state index < -0.39 is 5.41 Å². The molecule has 0 spiro atoms. The topological polar surface area (TPSA) is 25.5 Å². The monoisotopic (exact) mass is 783 g/mol.